The average molecular weight is 481 g/mol. The molecule has 0 aliphatic heterocycles. The number of carbonyl (C=O) groups excluding carboxylic acids is 2. The summed E-state index contributed by atoms with van der Waals surface area (Å²) in [5.41, 5.74) is 4.08. The molecule has 0 unspecified atom stereocenters. The minimum absolute atomic E-state index is 0.0354. The molecule has 2 aromatic rings. The van der Waals surface area contributed by atoms with Gasteiger partial charge in [0.15, 0.2) is 0 Å². The zero-order valence-corrected chi connectivity index (χ0v) is 21.0. The van der Waals surface area contributed by atoms with Gasteiger partial charge in [-0.1, -0.05) is 61.9 Å². The maximum absolute atomic E-state index is 13.1. The van der Waals surface area contributed by atoms with Crippen molar-refractivity contribution in [2.45, 2.75) is 70.9 Å². The Kier molecular flexibility index (Phi) is 8.54. The summed E-state index contributed by atoms with van der Waals surface area (Å²) in [6.07, 6.45) is 0.820. The summed E-state index contributed by atoms with van der Waals surface area (Å²) in [6, 6.07) is 15.9. The Balaban J connectivity index is 1.63. The Labute approximate surface area is 207 Å². The van der Waals surface area contributed by atoms with Gasteiger partial charge in [-0.3, -0.25) is 9.59 Å². The molecule has 1 atom stereocenters. The Bertz CT molecular complexity index is 1010. The molecule has 2 aromatic carbocycles. The van der Waals surface area contributed by atoms with E-state index in [1.807, 2.05) is 52.0 Å². The van der Waals surface area contributed by atoms with E-state index in [9.17, 15) is 14.4 Å². The highest BCUT2D eigenvalue weighted by molar-refractivity contribution is 5.80. The van der Waals surface area contributed by atoms with E-state index in [-0.39, 0.29) is 37.8 Å². The van der Waals surface area contributed by atoms with Crippen LogP contribution in [-0.2, 0) is 14.3 Å². The summed E-state index contributed by atoms with van der Waals surface area (Å²) in [5.74, 6) is -1.17. The van der Waals surface area contributed by atoms with Gasteiger partial charge in [-0.25, -0.2) is 4.79 Å². The fourth-order valence-corrected chi connectivity index (χ4v) is 4.74. The molecule has 2 amide bonds. The molecule has 3 rings (SSSR count). The number of carbonyl (C=O) groups is 3. The maximum atomic E-state index is 13.1. The second-order valence-corrected chi connectivity index (χ2v) is 10.0. The molecule has 0 aromatic heterocycles. The molecule has 35 heavy (non-hydrogen) atoms. The van der Waals surface area contributed by atoms with Crippen molar-refractivity contribution in [2.24, 2.45) is 0 Å². The third kappa shape index (κ3) is 6.62. The van der Waals surface area contributed by atoms with Crippen LogP contribution < -0.4 is 5.32 Å². The Hall–Kier alpha value is -3.35. The van der Waals surface area contributed by atoms with Crippen molar-refractivity contribution < 1.29 is 24.2 Å². The van der Waals surface area contributed by atoms with Gasteiger partial charge in [-0.2, -0.15) is 0 Å². The molecule has 0 saturated carbocycles. The van der Waals surface area contributed by atoms with E-state index in [0.29, 0.717) is 6.42 Å². The van der Waals surface area contributed by atoms with Gasteiger partial charge in [0.2, 0.25) is 5.91 Å². The van der Waals surface area contributed by atoms with Crippen molar-refractivity contribution in [3.63, 3.8) is 0 Å². The van der Waals surface area contributed by atoms with Crippen LogP contribution in [0.4, 0.5) is 4.79 Å². The van der Waals surface area contributed by atoms with E-state index in [2.05, 4.69) is 29.6 Å². The van der Waals surface area contributed by atoms with Gasteiger partial charge in [0.05, 0.1) is 6.42 Å². The lowest BCUT2D eigenvalue weighted by Gasteiger charge is -2.36. The Morgan fingerprint density at radius 2 is 1.60 bits per heavy atom. The van der Waals surface area contributed by atoms with Crippen LogP contribution in [0.1, 0.15) is 70.4 Å². The third-order valence-electron chi connectivity index (χ3n) is 6.38. The normalized spacial score (nSPS) is 13.5. The molecule has 0 saturated heterocycles. The first kappa shape index (κ1) is 26.3. The summed E-state index contributed by atoms with van der Waals surface area (Å²) < 4.78 is 5.65. The monoisotopic (exact) mass is 480 g/mol. The van der Waals surface area contributed by atoms with E-state index in [0.717, 1.165) is 28.7 Å². The fourth-order valence-electron chi connectivity index (χ4n) is 4.74. The summed E-state index contributed by atoms with van der Waals surface area (Å²) in [7, 11) is 0. The summed E-state index contributed by atoms with van der Waals surface area (Å²) in [4.78, 5) is 38.4. The number of benzene rings is 2. The van der Waals surface area contributed by atoms with E-state index in [1.165, 1.54) is 0 Å². The number of alkyl carbamates (subject to hydrolysis) is 1. The van der Waals surface area contributed by atoms with E-state index >= 15 is 0 Å². The van der Waals surface area contributed by atoms with Crippen molar-refractivity contribution in [3.05, 3.63) is 59.7 Å². The number of hydrogen-bond donors (Lipinski definition) is 2. The van der Waals surface area contributed by atoms with Crippen LogP contribution in [0.3, 0.4) is 0 Å². The van der Waals surface area contributed by atoms with Crippen molar-refractivity contribution in [3.8, 4) is 11.1 Å². The van der Waals surface area contributed by atoms with Crippen LogP contribution in [0, 0.1) is 0 Å². The summed E-state index contributed by atoms with van der Waals surface area (Å²) in [6.45, 7) is 7.95. The van der Waals surface area contributed by atoms with Gasteiger partial charge >= 0.3 is 12.1 Å². The summed E-state index contributed by atoms with van der Waals surface area (Å²) in [5, 5.41) is 11.9. The molecule has 1 aliphatic rings. The van der Waals surface area contributed by atoms with Gasteiger partial charge in [0.25, 0.3) is 0 Å². The molecule has 0 fully saturated rings. The minimum atomic E-state index is -0.950. The van der Waals surface area contributed by atoms with Crippen molar-refractivity contribution in [2.75, 3.05) is 13.2 Å². The van der Waals surface area contributed by atoms with Gasteiger partial charge in [0, 0.05) is 30.5 Å². The minimum Gasteiger partial charge on any atom is -0.481 e. The number of rotatable bonds is 10. The molecule has 1 aliphatic carbocycles. The predicted octanol–water partition coefficient (Wildman–Crippen LogP) is 5.19. The largest absolute Gasteiger partial charge is 0.481 e. The molecule has 0 radical (unpaired) electrons. The number of nitrogens with zero attached hydrogens (tertiary/aromatic N) is 1. The molecule has 0 heterocycles. The maximum Gasteiger partial charge on any atom is 0.407 e. The van der Waals surface area contributed by atoms with Crippen molar-refractivity contribution >= 4 is 18.0 Å². The molecule has 188 valence electrons. The van der Waals surface area contributed by atoms with Gasteiger partial charge in [0.1, 0.15) is 6.61 Å². The second-order valence-electron chi connectivity index (χ2n) is 10.0. The highest BCUT2D eigenvalue weighted by atomic mass is 16.5. The molecular formula is C28H36N2O5. The van der Waals surface area contributed by atoms with Crippen LogP contribution >= 0.6 is 0 Å². The van der Waals surface area contributed by atoms with Gasteiger partial charge in [-0.05, 0) is 49.4 Å². The zero-order valence-electron chi connectivity index (χ0n) is 21.0. The molecule has 0 spiro atoms. The number of amides is 2. The van der Waals surface area contributed by atoms with E-state index < -0.39 is 23.6 Å². The Morgan fingerprint density at radius 1 is 1.03 bits per heavy atom. The van der Waals surface area contributed by atoms with Crippen LogP contribution in [-0.4, -0.2) is 52.7 Å². The van der Waals surface area contributed by atoms with Gasteiger partial charge < -0.3 is 20.1 Å². The molecular weight excluding hydrogens is 444 g/mol. The molecule has 7 heteroatoms. The molecule has 2 N–H and O–H groups in total. The lowest BCUT2D eigenvalue weighted by Crippen LogP contribution is -2.49. The number of aliphatic carboxylic acids is 1. The smallest absolute Gasteiger partial charge is 0.407 e. The van der Waals surface area contributed by atoms with Crippen LogP contribution in [0.25, 0.3) is 11.1 Å². The SMILES string of the molecule is CCC[C@@H](CC(=O)N(CCC(=O)O)C(C)(C)C)NC(=O)OCC1c2ccccc2-c2ccccc21. The van der Waals surface area contributed by atoms with Crippen molar-refractivity contribution in [1.29, 1.82) is 0 Å². The van der Waals surface area contributed by atoms with Crippen molar-refractivity contribution in [1.82, 2.24) is 10.2 Å². The quantitative estimate of drug-likeness (QED) is 0.488. The standard InChI is InChI=1S/C28H36N2O5/c1-5-10-19(17-25(31)30(28(2,3)4)16-15-26(32)33)29-27(34)35-18-24-22-13-8-6-11-20(22)21-12-7-9-14-23(21)24/h6-9,11-14,19,24H,5,10,15-18H2,1-4H3,(H,29,34)(H,32,33)/t19-/m0/s1. The van der Waals surface area contributed by atoms with E-state index in [1.54, 1.807) is 4.90 Å². The number of ether oxygens (including phenoxy) is 1. The first-order valence-electron chi connectivity index (χ1n) is 12.3. The average Bonchev–Trinajstić information content (AvgIpc) is 3.10. The predicted molar refractivity (Wildman–Crippen MR) is 135 cm³/mol. The summed E-state index contributed by atoms with van der Waals surface area (Å²) >= 11 is 0. The third-order valence-corrected chi connectivity index (χ3v) is 6.38. The topological polar surface area (TPSA) is 95.9 Å². The lowest BCUT2D eigenvalue weighted by atomic mass is 9.98. The number of fused-ring (bicyclic) bond motifs is 3. The Morgan fingerprint density at radius 3 is 2.11 bits per heavy atom. The van der Waals surface area contributed by atoms with Crippen LogP contribution in [0.5, 0.6) is 0 Å². The number of hydrogen-bond acceptors (Lipinski definition) is 4. The molecule has 7 nitrogen and oxygen atoms in total. The van der Waals surface area contributed by atoms with E-state index in [4.69, 9.17) is 9.84 Å². The number of carboxylic acid groups (broad SMARTS) is 1. The fraction of sp³-hybridized carbons (Fsp3) is 0.464. The van der Waals surface area contributed by atoms with Gasteiger partial charge in [-0.15, -0.1) is 0 Å². The first-order chi connectivity index (χ1) is 16.6. The highest BCUT2D eigenvalue weighted by Gasteiger charge is 2.31. The number of carboxylic acids is 1. The highest BCUT2D eigenvalue weighted by Crippen LogP contribution is 2.44. The van der Waals surface area contributed by atoms with Crippen LogP contribution in [0.2, 0.25) is 0 Å². The lowest BCUT2D eigenvalue weighted by molar-refractivity contribution is -0.140. The first-order valence-corrected chi connectivity index (χ1v) is 12.3. The second kappa shape index (κ2) is 11.4. The molecule has 0 bridgehead atoms. The zero-order chi connectivity index (χ0) is 25.6. The number of nitrogens with one attached hydrogen (secondary N) is 1. The van der Waals surface area contributed by atoms with Crippen LogP contribution in [0.15, 0.2) is 48.5 Å².